The molecule has 6 nitrogen and oxygen atoms in total. The summed E-state index contributed by atoms with van der Waals surface area (Å²) in [7, 11) is 0. The number of nitro benzene ring substituents is 1. The highest BCUT2D eigenvalue weighted by molar-refractivity contribution is 5.44. The predicted molar refractivity (Wildman–Crippen MR) is 67.1 cm³/mol. The van der Waals surface area contributed by atoms with Gasteiger partial charge in [0, 0.05) is 30.9 Å². The first-order valence-electron chi connectivity index (χ1n) is 5.55. The molecule has 0 bridgehead atoms. The van der Waals surface area contributed by atoms with Gasteiger partial charge in [0.1, 0.15) is 0 Å². The summed E-state index contributed by atoms with van der Waals surface area (Å²) in [4.78, 5) is 14.6. The van der Waals surface area contributed by atoms with Gasteiger partial charge in [-0.15, -0.1) is 0 Å². The van der Waals surface area contributed by atoms with Crippen LogP contribution < -0.4 is 5.73 Å². The second-order valence-corrected chi connectivity index (χ2v) is 4.06. The van der Waals surface area contributed by atoms with Crippen LogP contribution in [0.3, 0.4) is 0 Å². The first kappa shape index (κ1) is 12.3. The molecule has 0 radical (unpaired) electrons. The highest BCUT2D eigenvalue weighted by Crippen LogP contribution is 2.21. The molecule has 1 aromatic heterocycles. The Balaban J connectivity index is 2.29. The normalized spacial score (nSPS) is 10.6. The molecule has 0 aliphatic carbocycles. The van der Waals surface area contributed by atoms with Crippen molar-refractivity contribution in [3.8, 4) is 0 Å². The number of aromatic nitrogens is 2. The zero-order valence-corrected chi connectivity index (χ0v) is 10.0. The van der Waals surface area contributed by atoms with Crippen LogP contribution >= 0.6 is 0 Å². The smallest absolute Gasteiger partial charge is 0.272 e. The number of hydrogen-bond donors (Lipinski definition) is 1. The Hall–Kier alpha value is -2.21. The van der Waals surface area contributed by atoms with Crippen LogP contribution in [0.25, 0.3) is 0 Å². The van der Waals surface area contributed by atoms with Crippen LogP contribution in [0.1, 0.15) is 16.8 Å². The van der Waals surface area contributed by atoms with E-state index in [1.165, 1.54) is 6.07 Å². The zero-order chi connectivity index (χ0) is 13.1. The predicted octanol–water partition coefficient (Wildman–Crippen LogP) is 1.61. The molecule has 0 fully saturated rings. The van der Waals surface area contributed by atoms with E-state index in [9.17, 15) is 10.1 Å². The lowest BCUT2D eigenvalue weighted by Gasteiger charge is -2.06. The Bertz CT molecular complexity index is 577. The molecule has 1 heterocycles. The second-order valence-electron chi connectivity index (χ2n) is 4.06. The van der Waals surface area contributed by atoms with Crippen molar-refractivity contribution < 1.29 is 4.92 Å². The van der Waals surface area contributed by atoms with E-state index >= 15 is 0 Å². The van der Waals surface area contributed by atoms with Gasteiger partial charge >= 0.3 is 0 Å². The Labute approximate surface area is 104 Å². The first-order valence-corrected chi connectivity index (χ1v) is 5.55. The lowest BCUT2D eigenvalue weighted by Crippen LogP contribution is -2.02. The fourth-order valence-electron chi connectivity index (χ4n) is 1.83. The van der Waals surface area contributed by atoms with Gasteiger partial charge < -0.3 is 10.3 Å². The van der Waals surface area contributed by atoms with E-state index in [4.69, 9.17) is 5.73 Å². The Kier molecular flexibility index (Phi) is 3.38. The summed E-state index contributed by atoms with van der Waals surface area (Å²) in [5.41, 5.74) is 8.03. The van der Waals surface area contributed by atoms with Crippen molar-refractivity contribution >= 4 is 5.69 Å². The second kappa shape index (κ2) is 4.97. The van der Waals surface area contributed by atoms with E-state index in [0.29, 0.717) is 18.7 Å². The van der Waals surface area contributed by atoms with Crippen LogP contribution in [0.15, 0.2) is 30.7 Å². The van der Waals surface area contributed by atoms with Crippen molar-refractivity contribution in [3.05, 3.63) is 57.7 Å². The number of nitro groups is 1. The summed E-state index contributed by atoms with van der Waals surface area (Å²) >= 11 is 0. The molecule has 18 heavy (non-hydrogen) atoms. The molecular weight excluding hydrogens is 232 g/mol. The van der Waals surface area contributed by atoms with Crippen molar-refractivity contribution in [2.24, 2.45) is 5.73 Å². The highest BCUT2D eigenvalue weighted by atomic mass is 16.6. The topological polar surface area (TPSA) is 87.0 Å². The van der Waals surface area contributed by atoms with Gasteiger partial charge in [-0.1, -0.05) is 12.1 Å². The van der Waals surface area contributed by atoms with Crippen molar-refractivity contribution in [2.75, 3.05) is 0 Å². The average Bonchev–Trinajstić information content (AvgIpc) is 2.79. The summed E-state index contributed by atoms with van der Waals surface area (Å²) in [6.07, 6.45) is 3.53. The van der Waals surface area contributed by atoms with Gasteiger partial charge in [0.2, 0.25) is 0 Å². The van der Waals surface area contributed by atoms with E-state index in [2.05, 4.69) is 4.98 Å². The standard InChI is InChI=1S/C12H14N4O2/c1-9-10(3-2-4-12(9)16(17)18)6-15-7-11(5-13)14-8-15/h2-4,7-8H,5-6,13H2,1H3. The Morgan fingerprint density at radius 2 is 2.28 bits per heavy atom. The summed E-state index contributed by atoms with van der Waals surface area (Å²) in [6.45, 7) is 2.70. The maximum atomic E-state index is 10.8. The number of hydrogen-bond acceptors (Lipinski definition) is 4. The molecule has 0 atom stereocenters. The summed E-state index contributed by atoms with van der Waals surface area (Å²) in [6, 6.07) is 5.09. The quantitative estimate of drug-likeness (QED) is 0.655. The molecule has 2 N–H and O–H groups in total. The lowest BCUT2D eigenvalue weighted by molar-refractivity contribution is -0.385. The summed E-state index contributed by atoms with van der Waals surface area (Å²) in [5, 5.41) is 10.8. The average molecular weight is 246 g/mol. The van der Waals surface area contributed by atoms with Crippen LogP contribution in [0.2, 0.25) is 0 Å². The van der Waals surface area contributed by atoms with Gasteiger partial charge in [-0.3, -0.25) is 10.1 Å². The molecule has 0 aliphatic rings. The van der Waals surface area contributed by atoms with Gasteiger partial charge in [-0.2, -0.15) is 0 Å². The van der Waals surface area contributed by atoms with Gasteiger partial charge in [-0.25, -0.2) is 4.98 Å². The van der Waals surface area contributed by atoms with Gasteiger partial charge in [0.05, 0.1) is 16.9 Å². The Morgan fingerprint density at radius 1 is 1.50 bits per heavy atom. The minimum absolute atomic E-state index is 0.145. The van der Waals surface area contributed by atoms with Crippen LogP contribution in [0.4, 0.5) is 5.69 Å². The van der Waals surface area contributed by atoms with Gasteiger partial charge in [0.15, 0.2) is 0 Å². The van der Waals surface area contributed by atoms with Crippen molar-refractivity contribution in [1.29, 1.82) is 0 Å². The van der Waals surface area contributed by atoms with Gasteiger partial charge in [0.25, 0.3) is 5.69 Å². The molecule has 0 spiro atoms. The van der Waals surface area contributed by atoms with Crippen LogP contribution in [0, 0.1) is 17.0 Å². The summed E-state index contributed by atoms with van der Waals surface area (Å²) in [5.74, 6) is 0. The van der Waals surface area contributed by atoms with E-state index in [1.54, 1.807) is 19.3 Å². The molecular formula is C12H14N4O2. The molecule has 0 unspecified atom stereocenters. The fraction of sp³-hybridized carbons (Fsp3) is 0.250. The maximum absolute atomic E-state index is 10.8. The largest absolute Gasteiger partial charge is 0.333 e. The van der Waals surface area contributed by atoms with Crippen molar-refractivity contribution in [1.82, 2.24) is 9.55 Å². The third-order valence-corrected chi connectivity index (χ3v) is 2.86. The molecule has 0 saturated carbocycles. The third-order valence-electron chi connectivity index (χ3n) is 2.86. The molecule has 94 valence electrons. The van der Waals surface area contributed by atoms with E-state index in [1.807, 2.05) is 16.8 Å². The highest BCUT2D eigenvalue weighted by Gasteiger charge is 2.13. The summed E-state index contributed by atoms with van der Waals surface area (Å²) < 4.78 is 1.87. The van der Waals surface area contributed by atoms with Crippen LogP contribution in [-0.4, -0.2) is 14.5 Å². The van der Waals surface area contributed by atoms with E-state index in [-0.39, 0.29) is 10.6 Å². The number of nitrogens with two attached hydrogens (primary N) is 1. The first-order chi connectivity index (χ1) is 8.61. The minimum atomic E-state index is -0.363. The van der Waals surface area contributed by atoms with E-state index < -0.39 is 0 Å². The lowest BCUT2D eigenvalue weighted by atomic mass is 10.1. The molecule has 6 heteroatoms. The van der Waals surface area contributed by atoms with Crippen LogP contribution in [0.5, 0.6) is 0 Å². The van der Waals surface area contributed by atoms with E-state index in [0.717, 1.165) is 11.3 Å². The molecule has 0 amide bonds. The SMILES string of the molecule is Cc1c(Cn2cnc(CN)c2)cccc1[N+](=O)[O-]. The number of rotatable bonds is 4. The molecule has 0 aliphatic heterocycles. The fourth-order valence-corrected chi connectivity index (χ4v) is 1.83. The minimum Gasteiger partial charge on any atom is -0.333 e. The third kappa shape index (κ3) is 2.38. The van der Waals surface area contributed by atoms with Crippen molar-refractivity contribution in [2.45, 2.75) is 20.0 Å². The number of nitrogens with zero attached hydrogens (tertiary/aromatic N) is 3. The van der Waals surface area contributed by atoms with Crippen molar-refractivity contribution in [3.63, 3.8) is 0 Å². The van der Waals surface area contributed by atoms with Crippen LogP contribution in [-0.2, 0) is 13.1 Å². The maximum Gasteiger partial charge on any atom is 0.272 e. The molecule has 2 aromatic rings. The van der Waals surface area contributed by atoms with Gasteiger partial charge in [-0.05, 0) is 12.5 Å². The molecule has 2 rings (SSSR count). The zero-order valence-electron chi connectivity index (χ0n) is 10.0. The Morgan fingerprint density at radius 3 is 2.89 bits per heavy atom. The number of benzene rings is 1. The molecule has 0 saturated heterocycles. The monoisotopic (exact) mass is 246 g/mol. The number of imidazole rings is 1. The molecule has 1 aromatic carbocycles.